The summed E-state index contributed by atoms with van der Waals surface area (Å²) in [6.07, 6.45) is 10.2. The lowest BCUT2D eigenvalue weighted by molar-refractivity contribution is 0.610. The normalized spacial score (nSPS) is 21.1. The molecule has 0 aromatic rings. The SMILES string of the molecule is CCC(C)SCC(NN)C1=CCCCCC1. The molecule has 3 heteroatoms. The molecule has 0 fully saturated rings. The molecule has 0 saturated heterocycles. The van der Waals surface area contributed by atoms with Gasteiger partial charge in [0, 0.05) is 11.0 Å². The predicted octanol–water partition coefficient (Wildman–Crippen LogP) is 3.24. The van der Waals surface area contributed by atoms with Crippen LogP contribution >= 0.6 is 11.8 Å². The molecule has 0 saturated carbocycles. The summed E-state index contributed by atoms with van der Waals surface area (Å²) in [4.78, 5) is 0. The highest BCUT2D eigenvalue weighted by molar-refractivity contribution is 7.99. The number of hydrogen-bond acceptors (Lipinski definition) is 3. The Hall–Kier alpha value is 0.0100. The average molecular weight is 242 g/mol. The summed E-state index contributed by atoms with van der Waals surface area (Å²) in [5.74, 6) is 6.79. The molecule has 0 amide bonds. The summed E-state index contributed by atoms with van der Waals surface area (Å²) in [6, 6.07) is 0.386. The molecule has 1 rings (SSSR count). The Balaban J connectivity index is 2.42. The Morgan fingerprint density at radius 1 is 1.44 bits per heavy atom. The number of allylic oxidation sites excluding steroid dienone is 1. The summed E-state index contributed by atoms with van der Waals surface area (Å²) in [6.45, 7) is 4.53. The fourth-order valence-electron chi connectivity index (χ4n) is 2.00. The van der Waals surface area contributed by atoms with Crippen molar-refractivity contribution in [3.05, 3.63) is 11.6 Å². The molecular formula is C13H26N2S. The number of thioether (sulfide) groups is 1. The van der Waals surface area contributed by atoms with Crippen LogP contribution in [0.3, 0.4) is 0 Å². The van der Waals surface area contributed by atoms with Crippen molar-refractivity contribution in [3.8, 4) is 0 Å². The van der Waals surface area contributed by atoms with Crippen molar-refractivity contribution >= 4 is 11.8 Å². The molecular weight excluding hydrogens is 216 g/mol. The highest BCUT2D eigenvalue weighted by Gasteiger charge is 2.15. The number of rotatable bonds is 6. The topological polar surface area (TPSA) is 38.0 Å². The first kappa shape index (κ1) is 14.1. The van der Waals surface area contributed by atoms with Crippen LogP contribution in [0.15, 0.2) is 11.6 Å². The molecule has 2 unspecified atom stereocenters. The largest absolute Gasteiger partial charge is 0.271 e. The van der Waals surface area contributed by atoms with Gasteiger partial charge in [0.15, 0.2) is 0 Å². The molecule has 94 valence electrons. The molecule has 0 aromatic heterocycles. The molecule has 3 N–H and O–H groups in total. The molecule has 16 heavy (non-hydrogen) atoms. The molecule has 0 spiro atoms. The maximum atomic E-state index is 5.68. The zero-order valence-electron chi connectivity index (χ0n) is 10.7. The molecule has 0 bridgehead atoms. The van der Waals surface area contributed by atoms with Gasteiger partial charge >= 0.3 is 0 Å². The first-order chi connectivity index (χ1) is 7.77. The summed E-state index contributed by atoms with van der Waals surface area (Å²) in [5, 5.41) is 0.738. The number of nitrogens with one attached hydrogen (secondary N) is 1. The zero-order chi connectivity index (χ0) is 11.8. The van der Waals surface area contributed by atoms with E-state index in [1.54, 1.807) is 0 Å². The summed E-state index contributed by atoms with van der Waals surface area (Å²) >= 11 is 2.03. The van der Waals surface area contributed by atoms with Gasteiger partial charge in [-0.2, -0.15) is 11.8 Å². The van der Waals surface area contributed by atoms with Crippen molar-refractivity contribution in [2.24, 2.45) is 5.84 Å². The zero-order valence-corrected chi connectivity index (χ0v) is 11.5. The molecule has 0 aliphatic heterocycles. The van der Waals surface area contributed by atoms with Crippen LogP contribution in [0.1, 0.15) is 52.4 Å². The molecule has 0 aromatic carbocycles. The van der Waals surface area contributed by atoms with Crippen molar-refractivity contribution in [3.63, 3.8) is 0 Å². The average Bonchev–Trinajstić information content (AvgIpc) is 2.58. The van der Waals surface area contributed by atoms with Crippen molar-refractivity contribution in [1.29, 1.82) is 0 Å². The van der Waals surface area contributed by atoms with Crippen LogP contribution in [0, 0.1) is 0 Å². The van der Waals surface area contributed by atoms with Crippen molar-refractivity contribution < 1.29 is 0 Å². The first-order valence-corrected chi connectivity index (χ1v) is 7.59. The van der Waals surface area contributed by atoms with Crippen molar-refractivity contribution in [1.82, 2.24) is 5.43 Å². The van der Waals surface area contributed by atoms with E-state index in [-0.39, 0.29) is 0 Å². The van der Waals surface area contributed by atoms with E-state index in [2.05, 4.69) is 25.3 Å². The Labute approximate surface area is 104 Å². The summed E-state index contributed by atoms with van der Waals surface area (Å²) in [7, 11) is 0. The van der Waals surface area contributed by atoms with E-state index < -0.39 is 0 Å². The van der Waals surface area contributed by atoms with Crippen LogP contribution < -0.4 is 11.3 Å². The summed E-state index contributed by atoms with van der Waals surface area (Å²) < 4.78 is 0. The minimum atomic E-state index is 0.386. The molecule has 2 nitrogen and oxygen atoms in total. The lowest BCUT2D eigenvalue weighted by atomic mass is 10.0. The van der Waals surface area contributed by atoms with Gasteiger partial charge in [0.1, 0.15) is 0 Å². The standard InChI is InChI=1S/C13H26N2S/c1-3-11(2)16-10-13(15-14)12-8-6-4-5-7-9-12/h8,11,13,15H,3-7,9-10,14H2,1-2H3. The van der Waals surface area contributed by atoms with E-state index in [9.17, 15) is 0 Å². The Morgan fingerprint density at radius 2 is 2.25 bits per heavy atom. The minimum Gasteiger partial charge on any atom is -0.271 e. The van der Waals surface area contributed by atoms with E-state index >= 15 is 0 Å². The third-order valence-corrected chi connectivity index (χ3v) is 4.78. The Morgan fingerprint density at radius 3 is 2.94 bits per heavy atom. The van der Waals surface area contributed by atoms with E-state index in [1.165, 1.54) is 44.1 Å². The predicted molar refractivity (Wildman–Crippen MR) is 74.5 cm³/mol. The van der Waals surface area contributed by atoms with E-state index in [0.717, 1.165) is 11.0 Å². The third-order valence-electron chi connectivity index (χ3n) is 3.35. The fourth-order valence-corrected chi connectivity index (χ4v) is 3.06. The van der Waals surface area contributed by atoms with Crippen molar-refractivity contribution in [2.75, 3.05) is 5.75 Å². The van der Waals surface area contributed by atoms with Gasteiger partial charge in [0.25, 0.3) is 0 Å². The van der Waals surface area contributed by atoms with Crippen LogP contribution in [-0.4, -0.2) is 17.0 Å². The molecule has 2 atom stereocenters. The van der Waals surface area contributed by atoms with E-state index in [0.29, 0.717) is 6.04 Å². The Kier molecular flexibility index (Phi) is 7.17. The van der Waals surface area contributed by atoms with Gasteiger partial charge in [0.2, 0.25) is 0 Å². The number of hydrogen-bond donors (Lipinski definition) is 2. The fraction of sp³-hybridized carbons (Fsp3) is 0.846. The second-order valence-corrected chi connectivity index (χ2v) is 6.12. The second kappa shape index (κ2) is 8.15. The lowest BCUT2D eigenvalue weighted by Gasteiger charge is -2.20. The molecule has 1 aliphatic carbocycles. The monoisotopic (exact) mass is 242 g/mol. The van der Waals surface area contributed by atoms with Crippen LogP contribution in [0.2, 0.25) is 0 Å². The lowest BCUT2D eigenvalue weighted by Crippen LogP contribution is -2.39. The minimum absolute atomic E-state index is 0.386. The van der Waals surface area contributed by atoms with Gasteiger partial charge in [0.05, 0.1) is 6.04 Å². The van der Waals surface area contributed by atoms with Gasteiger partial charge in [-0.3, -0.25) is 11.3 Å². The Bertz CT molecular complexity index is 216. The molecule has 1 aliphatic rings. The van der Waals surface area contributed by atoms with Gasteiger partial charge in [-0.05, 0) is 32.1 Å². The maximum Gasteiger partial charge on any atom is 0.0510 e. The van der Waals surface area contributed by atoms with Crippen LogP contribution in [0.25, 0.3) is 0 Å². The molecule has 0 radical (unpaired) electrons. The third kappa shape index (κ3) is 4.89. The van der Waals surface area contributed by atoms with E-state index in [1.807, 2.05) is 11.8 Å². The number of nitrogens with two attached hydrogens (primary N) is 1. The smallest absolute Gasteiger partial charge is 0.0510 e. The number of hydrazine groups is 1. The van der Waals surface area contributed by atoms with Gasteiger partial charge in [-0.1, -0.05) is 31.9 Å². The highest BCUT2D eigenvalue weighted by Crippen LogP contribution is 2.23. The quantitative estimate of drug-likeness (QED) is 0.426. The van der Waals surface area contributed by atoms with Gasteiger partial charge in [-0.15, -0.1) is 0 Å². The van der Waals surface area contributed by atoms with Gasteiger partial charge < -0.3 is 0 Å². The highest BCUT2D eigenvalue weighted by atomic mass is 32.2. The summed E-state index contributed by atoms with van der Waals surface area (Å²) in [5.41, 5.74) is 4.53. The maximum absolute atomic E-state index is 5.68. The molecule has 0 heterocycles. The van der Waals surface area contributed by atoms with Gasteiger partial charge in [-0.25, -0.2) is 0 Å². The van der Waals surface area contributed by atoms with E-state index in [4.69, 9.17) is 5.84 Å². The van der Waals surface area contributed by atoms with Crippen molar-refractivity contribution in [2.45, 2.75) is 63.7 Å². The second-order valence-electron chi connectivity index (χ2n) is 4.65. The van der Waals surface area contributed by atoms with Crippen LogP contribution in [-0.2, 0) is 0 Å². The van der Waals surface area contributed by atoms with Crippen LogP contribution in [0.5, 0.6) is 0 Å². The first-order valence-electron chi connectivity index (χ1n) is 6.54. The van der Waals surface area contributed by atoms with Crippen LogP contribution in [0.4, 0.5) is 0 Å².